The van der Waals surface area contributed by atoms with Crippen LogP contribution in [0.5, 0.6) is 0 Å². The highest BCUT2D eigenvalue weighted by atomic mass is 79.9. The Hall–Kier alpha value is -0.0600. The van der Waals surface area contributed by atoms with Crippen molar-refractivity contribution in [1.29, 1.82) is 0 Å². The zero-order valence-electron chi connectivity index (χ0n) is 11.5. The molecule has 0 bridgehead atoms. The smallest absolute Gasteiger partial charge is 0.154 e. The van der Waals surface area contributed by atoms with Crippen LogP contribution in [0.4, 0.5) is 0 Å². The molecule has 5 heteroatoms. The Kier molecular flexibility index (Phi) is 5.90. The SMILES string of the molecule is CC(C)(C)C(CBr)CS(=O)(=O)Cc1ccc(Cl)cc1. The summed E-state index contributed by atoms with van der Waals surface area (Å²) in [6.45, 7) is 6.20. The van der Waals surface area contributed by atoms with Crippen molar-refractivity contribution in [2.24, 2.45) is 11.3 Å². The third kappa shape index (κ3) is 5.84. The largest absolute Gasteiger partial charge is 0.228 e. The molecule has 0 aromatic heterocycles. The minimum absolute atomic E-state index is 0.0312. The van der Waals surface area contributed by atoms with Gasteiger partial charge in [0, 0.05) is 10.4 Å². The summed E-state index contributed by atoms with van der Waals surface area (Å²) >= 11 is 9.21. The van der Waals surface area contributed by atoms with Crippen LogP contribution in [0.3, 0.4) is 0 Å². The average molecular weight is 368 g/mol. The maximum atomic E-state index is 12.2. The first kappa shape index (κ1) is 17.0. The molecule has 1 aromatic rings. The predicted molar refractivity (Wildman–Crippen MR) is 85.7 cm³/mol. The van der Waals surface area contributed by atoms with Gasteiger partial charge in [-0.2, -0.15) is 0 Å². The summed E-state index contributed by atoms with van der Waals surface area (Å²) in [7, 11) is -3.12. The van der Waals surface area contributed by atoms with E-state index in [1.807, 2.05) is 0 Å². The van der Waals surface area contributed by atoms with Crippen LogP contribution < -0.4 is 0 Å². The second-order valence-corrected chi connectivity index (χ2v) is 9.09. The highest BCUT2D eigenvalue weighted by Gasteiger charge is 2.28. The number of alkyl halides is 1. The van der Waals surface area contributed by atoms with E-state index in [9.17, 15) is 8.42 Å². The van der Waals surface area contributed by atoms with Gasteiger partial charge in [0.15, 0.2) is 9.84 Å². The minimum Gasteiger partial charge on any atom is -0.228 e. The van der Waals surface area contributed by atoms with Gasteiger partial charge in [0.05, 0.1) is 11.5 Å². The molecule has 0 fully saturated rings. The zero-order chi connectivity index (χ0) is 14.7. The summed E-state index contributed by atoms with van der Waals surface area (Å²) in [4.78, 5) is 0. The van der Waals surface area contributed by atoms with Crippen LogP contribution in [-0.4, -0.2) is 19.5 Å². The van der Waals surface area contributed by atoms with Crippen LogP contribution in [0.2, 0.25) is 5.02 Å². The molecule has 1 rings (SSSR count). The molecule has 108 valence electrons. The molecule has 2 nitrogen and oxygen atoms in total. The fraction of sp³-hybridized carbons (Fsp3) is 0.571. The Bertz CT molecular complexity index is 503. The summed E-state index contributed by atoms with van der Waals surface area (Å²) in [6, 6.07) is 6.97. The summed E-state index contributed by atoms with van der Waals surface area (Å²) in [5.74, 6) is 0.374. The molecule has 0 radical (unpaired) electrons. The molecular formula is C14H20BrClO2S. The Morgan fingerprint density at radius 2 is 1.74 bits per heavy atom. The lowest BCUT2D eigenvalue weighted by Gasteiger charge is -2.28. The van der Waals surface area contributed by atoms with Gasteiger partial charge in [-0.1, -0.05) is 60.4 Å². The fourth-order valence-corrected chi connectivity index (χ4v) is 5.40. The molecule has 0 aliphatic carbocycles. The molecule has 0 heterocycles. The molecule has 0 aliphatic rings. The molecule has 0 N–H and O–H groups in total. The monoisotopic (exact) mass is 366 g/mol. The summed E-state index contributed by atoms with van der Waals surface area (Å²) in [6.07, 6.45) is 0. The van der Waals surface area contributed by atoms with E-state index in [4.69, 9.17) is 11.6 Å². The van der Waals surface area contributed by atoms with Gasteiger partial charge in [-0.15, -0.1) is 0 Å². The molecule has 0 saturated carbocycles. The van der Waals surface area contributed by atoms with Crippen LogP contribution in [0.25, 0.3) is 0 Å². The van der Waals surface area contributed by atoms with E-state index in [1.54, 1.807) is 24.3 Å². The first-order chi connectivity index (χ1) is 8.64. The Morgan fingerprint density at radius 1 is 1.21 bits per heavy atom. The van der Waals surface area contributed by atoms with Gasteiger partial charge in [-0.05, 0) is 29.0 Å². The van der Waals surface area contributed by atoms with Crippen LogP contribution in [0, 0.1) is 11.3 Å². The summed E-state index contributed by atoms with van der Waals surface area (Å²) in [5, 5.41) is 1.31. The second-order valence-electron chi connectivity index (χ2n) is 5.90. The molecule has 0 spiro atoms. The van der Waals surface area contributed by atoms with E-state index < -0.39 is 9.84 Å². The number of benzene rings is 1. The van der Waals surface area contributed by atoms with Crippen molar-refractivity contribution < 1.29 is 8.42 Å². The highest BCUT2D eigenvalue weighted by Crippen LogP contribution is 2.29. The van der Waals surface area contributed by atoms with Crippen LogP contribution in [0.15, 0.2) is 24.3 Å². The third-order valence-corrected chi connectivity index (χ3v) is 5.88. The number of sulfone groups is 1. The predicted octanol–water partition coefficient (Wildman–Crippen LogP) is 4.31. The average Bonchev–Trinajstić information content (AvgIpc) is 2.27. The number of rotatable bonds is 5. The number of halogens is 2. The Balaban J connectivity index is 2.79. The van der Waals surface area contributed by atoms with Crippen molar-refractivity contribution in [3.8, 4) is 0 Å². The van der Waals surface area contributed by atoms with Crippen LogP contribution >= 0.6 is 27.5 Å². The number of hydrogen-bond acceptors (Lipinski definition) is 2. The van der Waals surface area contributed by atoms with E-state index in [-0.39, 0.29) is 22.8 Å². The molecule has 1 aromatic carbocycles. The van der Waals surface area contributed by atoms with Crippen molar-refractivity contribution >= 4 is 37.4 Å². The van der Waals surface area contributed by atoms with Gasteiger partial charge in [-0.25, -0.2) is 8.42 Å². The summed E-state index contributed by atoms with van der Waals surface area (Å²) in [5.41, 5.74) is 0.753. The highest BCUT2D eigenvalue weighted by molar-refractivity contribution is 9.09. The first-order valence-electron chi connectivity index (χ1n) is 6.15. The third-order valence-electron chi connectivity index (χ3n) is 3.17. The van der Waals surface area contributed by atoms with Crippen molar-refractivity contribution in [1.82, 2.24) is 0 Å². The normalized spacial score (nSPS) is 14.4. The van der Waals surface area contributed by atoms with Gasteiger partial charge in [0.1, 0.15) is 0 Å². The van der Waals surface area contributed by atoms with E-state index in [0.717, 1.165) is 5.56 Å². The van der Waals surface area contributed by atoms with Crippen molar-refractivity contribution in [2.45, 2.75) is 26.5 Å². The van der Waals surface area contributed by atoms with E-state index in [1.165, 1.54) is 0 Å². The lowest BCUT2D eigenvalue weighted by molar-refractivity contribution is 0.291. The van der Waals surface area contributed by atoms with E-state index in [0.29, 0.717) is 10.4 Å². The maximum Gasteiger partial charge on any atom is 0.154 e. The Labute approximate surface area is 129 Å². The van der Waals surface area contributed by atoms with Gasteiger partial charge in [0.2, 0.25) is 0 Å². The molecule has 1 atom stereocenters. The quantitative estimate of drug-likeness (QED) is 0.727. The van der Waals surface area contributed by atoms with Crippen LogP contribution in [0.1, 0.15) is 26.3 Å². The van der Waals surface area contributed by atoms with Gasteiger partial charge < -0.3 is 0 Å². The lowest BCUT2D eigenvalue weighted by Crippen LogP contribution is -2.30. The maximum absolute atomic E-state index is 12.2. The fourth-order valence-electron chi connectivity index (χ4n) is 1.73. The standard InChI is InChI=1S/C14H20BrClO2S/c1-14(2,3)12(8-15)10-19(17,18)9-11-4-6-13(16)7-5-11/h4-7,12H,8-10H2,1-3H3. The van der Waals surface area contributed by atoms with Crippen molar-refractivity contribution in [3.05, 3.63) is 34.9 Å². The molecule has 19 heavy (non-hydrogen) atoms. The van der Waals surface area contributed by atoms with Crippen LogP contribution in [-0.2, 0) is 15.6 Å². The minimum atomic E-state index is -3.12. The van der Waals surface area contributed by atoms with Crippen molar-refractivity contribution in [2.75, 3.05) is 11.1 Å². The first-order valence-corrected chi connectivity index (χ1v) is 9.47. The zero-order valence-corrected chi connectivity index (χ0v) is 14.6. The summed E-state index contributed by atoms with van der Waals surface area (Å²) < 4.78 is 24.5. The van der Waals surface area contributed by atoms with Gasteiger partial charge >= 0.3 is 0 Å². The van der Waals surface area contributed by atoms with Gasteiger partial charge in [-0.3, -0.25) is 0 Å². The molecule has 1 unspecified atom stereocenters. The topological polar surface area (TPSA) is 34.1 Å². The molecule has 0 amide bonds. The van der Waals surface area contributed by atoms with E-state index >= 15 is 0 Å². The van der Waals surface area contributed by atoms with Gasteiger partial charge in [0.25, 0.3) is 0 Å². The molecular weight excluding hydrogens is 348 g/mol. The van der Waals surface area contributed by atoms with Crippen molar-refractivity contribution in [3.63, 3.8) is 0 Å². The Morgan fingerprint density at radius 3 is 2.16 bits per heavy atom. The van der Waals surface area contributed by atoms with E-state index in [2.05, 4.69) is 36.7 Å². The lowest BCUT2D eigenvalue weighted by atomic mass is 9.83. The molecule has 0 saturated heterocycles. The molecule has 0 aliphatic heterocycles. The number of hydrogen-bond donors (Lipinski definition) is 0. The second kappa shape index (κ2) is 6.59.